The Hall–Kier alpha value is -1.39. The summed E-state index contributed by atoms with van der Waals surface area (Å²) in [5.41, 5.74) is 2.40. The van der Waals surface area contributed by atoms with E-state index in [4.69, 9.17) is 4.74 Å². The van der Waals surface area contributed by atoms with Crippen molar-refractivity contribution in [3.05, 3.63) is 45.4 Å². The van der Waals surface area contributed by atoms with Gasteiger partial charge in [0.2, 0.25) is 0 Å². The number of nitrogens with zero attached hydrogens (tertiary/aromatic N) is 1. The monoisotopic (exact) mass is 302 g/mol. The highest BCUT2D eigenvalue weighted by atomic mass is 32.1. The first-order chi connectivity index (χ1) is 10.2. The minimum Gasteiger partial charge on any atom is -0.490 e. The van der Waals surface area contributed by atoms with Gasteiger partial charge in [0.25, 0.3) is 0 Å². The molecule has 21 heavy (non-hydrogen) atoms. The van der Waals surface area contributed by atoms with Gasteiger partial charge in [-0.1, -0.05) is 19.1 Å². The minimum absolute atomic E-state index is 0.219. The first-order valence-electron chi connectivity index (χ1n) is 7.61. The normalized spacial score (nSPS) is 16.0. The molecule has 1 aliphatic rings. The molecule has 4 heteroatoms. The van der Waals surface area contributed by atoms with Crippen LogP contribution in [-0.4, -0.2) is 17.6 Å². The molecule has 0 radical (unpaired) electrons. The van der Waals surface area contributed by atoms with E-state index in [0.29, 0.717) is 6.10 Å². The third-order valence-corrected chi connectivity index (χ3v) is 4.79. The minimum atomic E-state index is 0.219. The van der Waals surface area contributed by atoms with Gasteiger partial charge in [0.1, 0.15) is 5.75 Å². The Labute approximate surface area is 130 Å². The molecule has 1 unspecified atom stereocenters. The lowest BCUT2D eigenvalue weighted by molar-refractivity contribution is 0.303. The molecule has 0 amide bonds. The van der Waals surface area contributed by atoms with Gasteiger partial charge in [-0.3, -0.25) is 0 Å². The Kier molecular flexibility index (Phi) is 4.27. The van der Waals surface area contributed by atoms with Gasteiger partial charge in [-0.2, -0.15) is 0 Å². The molecule has 3 nitrogen and oxygen atoms in total. The van der Waals surface area contributed by atoms with Crippen molar-refractivity contribution in [2.75, 3.05) is 6.54 Å². The molecule has 0 saturated heterocycles. The summed E-state index contributed by atoms with van der Waals surface area (Å²) >= 11 is 1.78. The summed E-state index contributed by atoms with van der Waals surface area (Å²) in [6.07, 6.45) is 2.84. The molecule has 1 saturated carbocycles. The van der Waals surface area contributed by atoms with E-state index in [1.165, 1.54) is 23.3 Å². The Bertz CT molecular complexity index is 602. The largest absolute Gasteiger partial charge is 0.490 e. The average molecular weight is 302 g/mol. The molecule has 1 atom stereocenters. The van der Waals surface area contributed by atoms with Gasteiger partial charge in [0.05, 0.1) is 22.8 Å². The molecule has 0 aliphatic heterocycles. The lowest BCUT2D eigenvalue weighted by Crippen LogP contribution is -2.21. The van der Waals surface area contributed by atoms with Crippen LogP contribution >= 0.6 is 11.3 Å². The second kappa shape index (κ2) is 6.16. The molecular weight excluding hydrogens is 280 g/mol. The van der Waals surface area contributed by atoms with Crippen molar-refractivity contribution in [2.24, 2.45) is 0 Å². The summed E-state index contributed by atoms with van der Waals surface area (Å²) in [4.78, 5) is 5.87. The highest BCUT2D eigenvalue weighted by Gasteiger charge is 2.24. The maximum absolute atomic E-state index is 5.82. The zero-order valence-corrected chi connectivity index (χ0v) is 13.7. The lowest BCUT2D eigenvalue weighted by atomic mass is 10.0. The predicted molar refractivity (Wildman–Crippen MR) is 87.2 cm³/mol. The fourth-order valence-corrected chi connectivity index (χ4v) is 3.53. The average Bonchev–Trinajstić information content (AvgIpc) is 3.21. The number of rotatable bonds is 6. The second-order valence-corrected chi connectivity index (χ2v) is 6.79. The van der Waals surface area contributed by atoms with Crippen LogP contribution in [0.4, 0.5) is 0 Å². The van der Waals surface area contributed by atoms with Gasteiger partial charge in [-0.15, -0.1) is 11.3 Å². The zero-order valence-electron chi connectivity index (χ0n) is 12.8. The van der Waals surface area contributed by atoms with Gasteiger partial charge in [-0.25, -0.2) is 4.98 Å². The highest BCUT2D eigenvalue weighted by Crippen LogP contribution is 2.32. The van der Waals surface area contributed by atoms with Crippen LogP contribution in [0.15, 0.2) is 24.3 Å². The first-order valence-corrected chi connectivity index (χ1v) is 8.43. The molecule has 1 aromatic heterocycles. The summed E-state index contributed by atoms with van der Waals surface area (Å²) in [7, 11) is 0. The summed E-state index contributed by atoms with van der Waals surface area (Å²) in [6, 6.07) is 8.72. The Balaban J connectivity index is 1.84. The molecule has 1 N–H and O–H groups in total. The topological polar surface area (TPSA) is 34.1 Å². The number of ether oxygens (including phenoxy) is 1. The van der Waals surface area contributed by atoms with E-state index in [2.05, 4.69) is 55.3 Å². The predicted octanol–water partition coefficient (Wildman–Crippen LogP) is 4.00. The summed E-state index contributed by atoms with van der Waals surface area (Å²) < 4.78 is 5.82. The second-order valence-electron chi connectivity index (χ2n) is 5.56. The Morgan fingerprint density at radius 2 is 2.00 bits per heavy atom. The van der Waals surface area contributed by atoms with Crippen molar-refractivity contribution in [1.29, 1.82) is 0 Å². The first kappa shape index (κ1) is 14.5. The fraction of sp³-hybridized carbons (Fsp3) is 0.471. The van der Waals surface area contributed by atoms with E-state index < -0.39 is 0 Å². The molecule has 1 aliphatic carbocycles. The molecule has 1 fully saturated rings. The third kappa shape index (κ3) is 3.44. The molecule has 1 aromatic carbocycles. The Morgan fingerprint density at radius 3 is 2.52 bits per heavy atom. The van der Waals surface area contributed by atoms with Crippen LogP contribution < -0.4 is 10.1 Å². The van der Waals surface area contributed by atoms with Crippen LogP contribution in [0.5, 0.6) is 5.75 Å². The Morgan fingerprint density at radius 1 is 1.29 bits per heavy atom. The van der Waals surface area contributed by atoms with Crippen molar-refractivity contribution >= 4 is 11.3 Å². The van der Waals surface area contributed by atoms with E-state index in [1.807, 2.05) is 0 Å². The number of thiazole rings is 1. The van der Waals surface area contributed by atoms with E-state index in [9.17, 15) is 0 Å². The van der Waals surface area contributed by atoms with Crippen LogP contribution in [0.3, 0.4) is 0 Å². The van der Waals surface area contributed by atoms with Gasteiger partial charge in [-0.05, 0) is 50.9 Å². The molecule has 2 aromatic rings. The van der Waals surface area contributed by atoms with E-state index in [1.54, 1.807) is 11.3 Å². The maximum Gasteiger partial charge on any atom is 0.119 e. The maximum atomic E-state index is 5.82. The van der Waals surface area contributed by atoms with Crippen molar-refractivity contribution in [2.45, 2.75) is 45.8 Å². The number of aromatic nitrogens is 1. The summed E-state index contributed by atoms with van der Waals surface area (Å²) in [5, 5.41) is 4.70. The number of hydrogen-bond donors (Lipinski definition) is 1. The van der Waals surface area contributed by atoms with Crippen molar-refractivity contribution < 1.29 is 4.74 Å². The van der Waals surface area contributed by atoms with Crippen LogP contribution in [0.2, 0.25) is 0 Å². The van der Waals surface area contributed by atoms with Crippen molar-refractivity contribution in [3.8, 4) is 5.75 Å². The van der Waals surface area contributed by atoms with E-state index in [-0.39, 0.29) is 6.04 Å². The highest BCUT2D eigenvalue weighted by molar-refractivity contribution is 7.11. The van der Waals surface area contributed by atoms with Gasteiger partial charge in [0.15, 0.2) is 0 Å². The molecule has 3 rings (SSSR count). The lowest BCUT2D eigenvalue weighted by Gasteiger charge is -2.18. The molecule has 0 bridgehead atoms. The number of benzene rings is 1. The standard InChI is InChI=1S/C17H22N2OS/c1-4-18-16(17-11(2)19-12(3)21-17)13-5-7-14(8-6-13)20-15-9-10-15/h5-8,15-16,18H,4,9-10H2,1-3H3. The van der Waals surface area contributed by atoms with E-state index >= 15 is 0 Å². The van der Waals surface area contributed by atoms with Crippen LogP contribution in [-0.2, 0) is 0 Å². The van der Waals surface area contributed by atoms with Gasteiger partial charge >= 0.3 is 0 Å². The van der Waals surface area contributed by atoms with E-state index in [0.717, 1.165) is 23.0 Å². The van der Waals surface area contributed by atoms with Crippen molar-refractivity contribution in [3.63, 3.8) is 0 Å². The molecular formula is C17H22N2OS. The number of nitrogens with one attached hydrogen (secondary N) is 1. The van der Waals surface area contributed by atoms with Crippen molar-refractivity contribution in [1.82, 2.24) is 10.3 Å². The third-order valence-electron chi connectivity index (χ3n) is 3.65. The number of aryl methyl sites for hydroxylation is 2. The van der Waals surface area contributed by atoms with Gasteiger partial charge in [0, 0.05) is 4.88 Å². The quantitative estimate of drug-likeness (QED) is 0.876. The van der Waals surface area contributed by atoms with Gasteiger partial charge < -0.3 is 10.1 Å². The molecule has 112 valence electrons. The molecule has 0 spiro atoms. The zero-order chi connectivity index (χ0) is 14.8. The van der Waals surface area contributed by atoms with Crippen LogP contribution in [0.25, 0.3) is 0 Å². The SMILES string of the molecule is CCNC(c1ccc(OC2CC2)cc1)c1sc(C)nc1C. The molecule has 1 heterocycles. The van der Waals surface area contributed by atoms with Crippen LogP contribution in [0, 0.1) is 13.8 Å². The smallest absolute Gasteiger partial charge is 0.119 e. The fourth-order valence-electron chi connectivity index (χ4n) is 2.50. The summed E-state index contributed by atoms with van der Waals surface area (Å²) in [5.74, 6) is 0.980. The number of hydrogen-bond acceptors (Lipinski definition) is 4. The summed E-state index contributed by atoms with van der Waals surface area (Å²) in [6.45, 7) is 7.23. The van der Waals surface area contributed by atoms with Crippen LogP contribution in [0.1, 0.15) is 46.9 Å².